The molecule has 0 N–H and O–H groups in total. The van der Waals surface area contributed by atoms with Gasteiger partial charge in [0.1, 0.15) is 0 Å². The van der Waals surface area contributed by atoms with Crippen molar-refractivity contribution >= 4 is 14.1 Å². The van der Waals surface area contributed by atoms with Crippen molar-refractivity contribution in [3.8, 4) is 0 Å². The average Bonchev–Trinajstić information content (AvgIpc) is 2.06. The summed E-state index contributed by atoms with van der Waals surface area (Å²) in [6.45, 7) is 11.2. The Hall–Kier alpha value is -0.413. The molecule has 0 fully saturated rings. The number of carbonyl (C=O) groups excluding carboxylic acids is 1. The molecule has 0 unspecified atom stereocenters. The second-order valence-corrected chi connectivity index (χ2v) is 10.5. The first-order valence-electron chi connectivity index (χ1n) is 5.61. The molecule has 0 radical (unpaired) electrons. The fourth-order valence-electron chi connectivity index (χ4n) is 1.33. The van der Waals surface area contributed by atoms with E-state index in [1.54, 1.807) is 6.08 Å². The highest BCUT2D eigenvalue weighted by molar-refractivity contribution is 6.74. The predicted molar refractivity (Wildman–Crippen MR) is 65.5 cm³/mol. The lowest BCUT2D eigenvalue weighted by atomic mass is 10.0. The van der Waals surface area contributed by atoms with Crippen molar-refractivity contribution in [1.29, 1.82) is 0 Å². The molecule has 0 bridgehead atoms. The van der Waals surface area contributed by atoms with Gasteiger partial charge in [-0.2, -0.15) is 0 Å². The number of hydrogen-bond donors (Lipinski definition) is 0. The Morgan fingerprint density at radius 2 is 2.00 bits per heavy atom. The molecule has 1 atom stereocenters. The molecule has 1 aliphatic rings. The Kier molecular flexibility index (Phi) is 3.56. The molecule has 1 rings (SSSR count). The zero-order valence-electron chi connectivity index (χ0n) is 10.5. The first-order chi connectivity index (χ1) is 6.72. The number of ketones is 1. The van der Waals surface area contributed by atoms with Gasteiger partial charge in [0, 0.05) is 6.42 Å². The quantitative estimate of drug-likeness (QED) is 0.675. The maximum absolute atomic E-state index is 11.0. The van der Waals surface area contributed by atoms with Crippen molar-refractivity contribution in [2.45, 2.75) is 57.8 Å². The molecular weight excluding hydrogens is 204 g/mol. The van der Waals surface area contributed by atoms with Gasteiger partial charge < -0.3 is 4.43 Å². The van der Waals surface area contributed by atoms with Crippen LogP contribution >= 0.6 is 0 Å². The second-order valence-electron chi connectivity index (χ2n) is 5.78. The summed E-state index contributed by atoms with van der Waals surface area (Å²) < 4.78 is 6.19. The minimum Gasteiger partial charge on any atom is -0.411 e. The van der Waals surface area contributed by atoms with Crippen LogP contribution in [0.4, 0.5) is 0 Å². The lowest BCUT2D eigenvalue weighted by Gasteiger charge is -2.39. The lowest BCUT2D eigenvalue weighted by Crippen LogP contribution is -2.44. The van der Waals surface area contributed by atoms with Gasteiger partial charge in [-0.05, 0) is 30.6 Å². The van der Waals surface area contributed by atoms with Gasteiger partial charge >= 0.3 is 0 Å². The third-order valence-corrected chi connectivity index (χ3v) is 7.93. The third kappa shape index (κ3) is 3.28. The third-order valence-electron chi connectivity index (χ3n) is 3.42. The molecule has 15 heavy (non-hydrogen) atoms. The molecule has 0 saturated carbocycles. The number of hydrogen-bond acceptors (Lipinski definition) is 2. The maximum Gasteiger partial charge on any atom is 0.192 e. The van der Waals surface area contributed by atoms with Crippen LogP contribution in [0.15, 0.2) is 12.2 Å². The molecule has 0 spiro atoms. The van der Waals surface area contributed by atoms with Crippen molar-refractivity contribution in [2.24, 2.45) is 0 Å². The molecule has 0 aliphatic heterocycles. The van der Waals surface area contributed by atoms with E-state index in [9.17, 15) is 4.79 Å². The Bertz CT molecular complexity index is 274. The Balaban J connectivity index is 2.63. The van der Waals surface area contributed by atoms with Crippen LogP contribution in [0.5, 0.6) is 0 Å². The highest BCUT2D eigenvalue weighted by Gasteiger charge is 2.38. The van der Waals surface area contributed by atoms with Crippen molar-refractivity contribution in [3.05, 3.63) is 12.2 Å². The lowest BCUT2D eigenvalue weighted by molar-refractivity contribution is -0.115. The molecule has 3 heteroatoms. The molecule has 0 heterocycles. The SMILES string of the molecule is CC(C)(C)[Si](C)(C)O[C@H]1C=CC(=O)CC1. The molecule has 1 aliphatic carbocycles. The fraction of sp³-hybridized carbons (Fsp3) is 0.750. The van der Waals surface area contributed by atoms with Crippen LogP contribution in [0.25, 0.3) is 0 Å². The fourth-order valence-corrected chi connectivity index (χ4v) is 2.64. The van der Waals surface area contributed by atoms with E-state index in [1.165, 1.54) is 0 Å². The topological polar surface area (TPSA) is 26.3 Å². The van der Waals surface area contributed by atoms with E-state index in [0.29, 0.717) is 6.42 Å². The van der Waals surface area contributed by atoms with Gasteiger partial charge in [-0.3, -0.25) is 4.79 Å². The van der Waals surface area contributed by atoms with Gasteiger partial charge in [0.15, 0.2) is 14.1 Å². The van der Waals surface area contributed by atoms with Gasteiger partial charge in [-0.15, -0.1) is 0 Å². The van der Waals surface area contributed by atoms with E-state index >= 15 is 0 Å². The Labute approximate surface area is 93.8 Å². The van der Waals surface area contributed by atoms with Crippen LogP contribution < -0.4 is 0 Å². The molecule has 0 saturated heterocycles. The van der Waals surface area contributed by atoms with Crippen LogP contribution in [0.2, 0.25) is 18.1 Å². The van der Waals surface area contributed by atoms with Gasteiger partial charge in [0.2, 0.25) is 0 Å². The summed E-state index contributed by atoms with van der Waals surface area (Å²) in [5, 5.41) is 0.238. The normalized spacial score (nSPS) is 23.3. The van der Waals surface area contributed by atoms with E-state index in [1.807, 2.05) is 6.08 Å². The van der Waals surface area contributed by atoms with Crippen LogP contribution in [0.3, 0.4) is 0 Å². The number of rotatable bonds is 2. The average molecular weight is 226 g/mol. The number of allylic oxidation sites excluding steroid dienone is 1. The van der Waals surface area contributed by atoms with Crippen molar-refractivity contribution in [3.63, 3.8) is 0 Å². The molecule has 0 amide bonds. The molecule has 0 aromatic carbocycles. The minimum atomic E-state index is -1.68. The highest BCUT2D eigenvalue weighted by Crippen LogP contribution is 2.38. The van der Waals surface area contributed by atoms with Gasteiger partial charge in [-0.25, -0.2) is 0 Å². The second kappa shape index (κ2) is 4.22. The number of carbonyl (C=O) groups is 1. The summed E-state index contributed by atoms with van der Waals surface area (Å²) in [7, 11) is -1.68. The predicted octanol–water partition coefficient (Wildman–Crippen LogP) is 3.30. The van der Waals surface area contributed by atoms with Gasteiger partial charge in [0.05, 0.1) is 6.10 Å². The minimum absolute atomic E-state index is 0.156. The zero-order chi connectivity index (χ0) is 11.7. The summed E-state index contributed by atoms with van der Waals surface area (Å²) in [6.07, 6.45) is 5.23. The van der Waals surface area contributed by atoms with Gasteiger partial charge in [-0.1, -0.05) is 26.8 Å². The van der Waals surface area contributed by atoms with E-state index in [4.69, 9.17) is 4.43 Å². The summed E-state index contributed by atoms with van der Waals surface area (Å²) in [4.78, 5) is 11.0. The van der Waals surface area contributed by atoms with E-state index in [0.717, 1.165) is 6.42 Å². The standard InChI is InChI=1S/C12H22O2Si/c1-12(2,3)15(4,5)14-11-8-6-10(13)7-9-11/h6,8,11H,7,9H2,1-5H3/t11-/m0/s1. The summed E-state index contributed by atoms with van der Waals surface area (Å²) in [5.74, 6) is 0.227. The molecule has 86 valence electrons. The smallest absolute Gasteiger partial charge is 0.192 e. The summed E-state index contributed by atoms with van der Waals surface area (Å²) in [5.41, 5.74) is 0. The Morgan fingerprint density at radius 1 is 1.40 bits per heavy atom. The molecule has 2 nitrogen and oxygen atoms in total. The molecule has 0 aromatic heterocycles. The van der Waals surface area contributed by atoms with E-state index in [-0.39, 0.29) is 16.9 Å². The van der Waals surface area contributed by atoms with Crippen LogP contribution in [0.1, 0.15) is 33.6 Å². The highest BCUT2D eigenvalue weighted by atomic mass is 28.4. The zero-order valence-corrected chi connectivity index (χ0v) is 11.5. The van der Waals surface area contributed by atoms with Crippen molar-refractivity contribution < 1.29 is 9.22 Å². The summed E-state index contributed by atoms with van der Waals surface area (Å²) >= 11 is 0. The Morgan fingerprint density at radius 3 is 2.40 bits per heavy atom. The van der Waals surface area contributed by atoms with E-state index < -0.39 is 8.32 Å². The first-order valence-corrected chi connectivity index (χ1v) is 8.52. The van der Waals surface area contributed by atoms with Crippen LogP contribution in [-0.4, -0.2) is 20.2 Å². The molecular formula is C12H22O2Si. The van der Waals surface area contributed by atoms with Crippen molar-refractivity contribution in [1.82, 2.24) is 0 Å². The monoisotopic (exact) mass is 226 g/mol. The first kappa shape index (κ1) is 12.7. The van der Waals surface area contributed by atoms with Crippen LogP contribution in [0, 0.1) is 0 Å². The maximum atomic E-state index is 11.0. The molecule has 0 aromatic rings. The van der Waals surface area contributed by atoms with Crippen LogP contribution in [-0.2, 0) is 9.22 Å². The van der Waals surface area contributed by atoms with Gasteiger partial charge in [0.25, 0.3) is 0 Å². The largest absolute Gasteiger partial charge is 0.411 e. The van der Waals surface area contributed by atoms with E-state index in [2.05, 4.69) is 33.9 Å². The summed E-state index contributed by atoms with van der Waals surface area (Å²) in [6, 6.07) is 0. The van der Waals surface area contributed by atoms with Crippen molar-refractivity contribution in [2.75, 3.05) is 0 Å².